The van der Waals surface area contributed by atoms with Gasteiger partial charge < -0.3 is 9.88 Å². The van der Waals surface area contributed by atoms with E-state index in [1.165, 1.54) is 0 Å². The summed E-state index contributed by atoms with van der Waals surface area (Å²) in [5.41, 5.74) is 2.42. The minimum atomic E-state index is -0.308. The van der Waals surface area contributed by atoms with Gasteiger partial charge in [0, 0.05) is 36.6 Å². The summed E-state index contributed by atoms with van der Waals surface area (Å²) >= 11 is 0. The van der Waals surface area contributed by atoms with E-state index in [-0.39, 0.29) is 11.3 Å². The number of nitrogens with zero attached hydrogens (tertiary/aromatic N) is 4. The smallest absolute Gasteiger partial charge is 0.227 e. The zero-order valence-corrected chi connectivity index (χ0v) is 14.8. The van der Waals surface area contributed by atoms with Gasteiger partial charge in [0.2, 0.25) is 5.91 Å². The summed E-state index contributed by atoms with van der Waals surface area (Å²) in [4.78, 5) is 30.8. The second kappa shape index (κ2) is 6.34. The molecule has 2 aromatic rings. The molecule has 0 bridgehead atoms. The highest BCUT2D eigenvalue weighted by Gasteiger charge is 2.32. The number of imidazole rings is 1. The highest BCUT2D eigenvalue weighted by Crippen LogP contribution is 2.25. The first-order valence-electron chi connectivity index (χ1n) is 8.45. The lowest BCUT2D eigenvalue weighted by molar-refractivity contribution is -0.138. The lowest BCUT2D eigenvalue weighted by atomic mass is 9.95. The molecule has 0 spiro atoms. The van der Waals surface area contributed by atoms with Crippen molar-refractivity contribution in [1.82, 2.24) is 24.8 Å². The van der Waals surface area contributed by atoms with Gasteiger partial charge in [0.15, 0.2) is 5.82 Å². The van der Waals surface area contributed by atoms with Gasteiger partial charge in [-0.1, -0.05) is 20.8 Å². The van der Waals surface area contributed by atoms with E-state index in [1.807, 2.05) is 38.8 Å². The Morgan fingerprint density at radius 1 is 1.25 bits per heavy atom. The largest absolute Gasteiger partial charge is 0.342 e. The van der Waals surface area contributed by atoms with Gasteiger partial charge in [0.1, 0.15) is 5.69 Å². The predicted molar refractivity (Wildman–Crippen MR) is 92.2 cm³/mol. The molecule has 1 fully saturated rings. The van der Waals surface area contributed by atoms with Crippen molar-refractivity contribution in [2.45, 2.75) is 40.5 Å². The normalized spacial score (nSPS) is 18.2. The maximum atomic E-state index is 12.4. The van der Waals surface area contributed by atoms with Crippen LogP contribution in [0, 0.1) is 18.3 Å². The van der Waals surface area contributed by atoms with Crippen LogP contribution in [0.2, 0.25) is 0 Å². The zero-order valence-electron chi connectivity index (χ0n) is 14.8. The molecule has 0 aliphatic carbocycles. The molecule has 24 heavy (non-hydrogen) atoms. The number of H-pyrrole nitrogens is 1. The van der Waals surface area contributed by atoms with Crippen LogP contribution in [-0.2, 0) is 11.2 Å². The van der Waals surface area contributed by atoms with Crippen LogP contribution in [-0.4, -0.2) is 43.8 Å². The van der Waals surface area contributed by atoms with Crippen molar-refractivity contribution in [1.29, 1.82) is 0 Å². The van der Waals surface area contributed by atoms with Gasteiger partial charge in [-0.15, -0.1) is 0 Å². The van der Waals surface area contributed by atoms with E-state index in [0.29, 0.717) is 5.92 Å². The van der Waals surface area contributed by atoms with Crippen LogP contribution < -0.4 is 0 Å². The fourth-order valence-corrected chi connectivity index (χ4v) is 3.08. The van der Waals surface area contributed by atoms with Crippen molar-refractivity contribution in [2.24, 2.45) is 11.3 Å². The third-order valence-electron chi connectivity index (χ3n) is 4.36. The van der Waals surface area contributed by atoms with Crippen molar-refractivity contribution in [3.8, 4) is 11.5 Å². The van der Waals surface area contributed by atoms with Gasteiger partial charge >= 0.3 is 0 Å². The topological polar surface area (TPSA) is 74.8 Å². The van der Waals surface area contributed by atoms with Crippen molar-refractivity contribution in [3.63, 3.8) is 0 Å². The van der Waals surface area contributed by atoms with Gasteiger partial charge in [0.05, 0.1) is 11.9 Å². The van der Waals surface area contributed by atoms with Gasteiger partial charge in [-0.25, -0.2) is 9.97 Å². The number of nitrogens with one attached hydrogen (secondary N) is 1. The quantitative estimate of drug-likeness (QED) is 0.940. The van der Waals surface area contributed by atoms with Crippen LogP contribution in [0.15, 0.2) is 18.6 Å². The van der Waals surface area contributed by atoms with E-state index in [1.54, 1.807) is 12.4 Å². The number of hydrogen-bond donors (Lipinski definition) is 1. The third-order valence-corrected chi connectivity index (χ3v) is 4.36. The van der Waals surface area contributed by atoms with E-state index in [2.05, 4.69) is 19.9 Å². The van der Waals surface area contributed by atoms with Crippen LogP contribution in [0.5, 0.6) is 0 Å². The fourth-order valence-electron chi connectivity index (χ4n) is 3.08. The molecule has 6 nitrogen and oxygen atoms in total. The number of rotatable bonds is 3. The SMILES string of the molecule is Cc1cnc(-c2cnc(C[C@H]3CCN(C(=O)C(C)(C)C)C3)cn2)[nH]1. The minimum absolute atomic E-state index is 0.236. The van der Waals surface area contributed by atoms with Gasteiger partial charge in [-0.3, -0.25) is 9.78 Å². The first-order chi connectivity index (χ1) is 11.3. The Kier molecular flexibility index (Phi) is 4.39. The highest BCUT2D eigenvalue weighted by atomic mass is 16.2. The van der Waals surface area contributed by atoms with Crippen molar-refractivity contribution < 1.29 is 4.79 Å². The van der Waals surface area contributed by atoms with E-state index in [9.17, 15) is 4.79 Å². The second-order valence-electron chi connectivity index (χ2n) is 7.67. The molecule has 1 amide bonds. The number of aromatic nitrogens is 4. The number of aromatic amines is 1. The average Bonchev–Trinajstić information content (AvgIpc) is 3.15. The van der Waals surface area contributed by atoms with Gasteiger partial charge in [-0.2, -0.15) is 0 Å². The predicted octanol–water partition coefficient (Wildman–Crippen LogP) is 2.61. The standard InChI is InChI=1S/C18H25N5O/c1-12-8-21-16(22-12)15-10-19-14(9-20-15)7-13-5-6-23(11-13)17(24)18(2,3)4/h8-10,13H,5-7,11H2,1-4H3,(H,21,22)/t13-/m1/s1. The maximum absolute atomic E-state index is 12.4. The Morgan fingerprint density at radius 3 is 2.62 bits per heavy atom. The molecule has 3 heterocycles. The molecule has 1 saturated heterocycles. The minimum Gasteiger partial charge on any atom is -0.342 e. The Labute approximate surface area is 142 Å². The van der Waals surface area contributed by atoms with E-state index < -0.39 is 0 Å². The third kappa shape index (κ3) is 3.63. The number of aryl methyl sites for hydroxylation is 1. The molecular weight excluding hydrogens is 302 g/mol. The van der Waals surface area contributed by atoms with E-state index in [4.69, 9.17) is 0 Å². The molecule has 2 aromatic heterocycles. The highest BCUT2D eigenvalue weighted by molar-refractivity contribution is 5.81. The van der Waals surface area contributed by atoms with Gasteiger partial charge in [0.25, 0.3) is 0 Å². The number of carbonyl (C=O) groups is 1. The molecule has 1 aliphatic rings. The summed E-state index contributed by atoms with van der Waals surface area (Å²) < 4.78 is 0. The Hall–Kier alpha value is -2.24. The number of carbonyl (C=O) groups excluding carboxylic acids is 1. The first kappa shape index (κ1) is 16.6. The van der Waals surface area contributed by atoms with Crippen LogP contribution in [0.1, 0.15) is 38.6 Å². The van der Waals surface area contributed by atoms with Gasteiger partial charge in [-0.05, 0) is 25.7 Å². The van der Waals surface area contributed by atoms with Crippen molar-refractivity contribution in [3.05, 3.63) is 30.0 Å². The average molecular weight is 327 g/mol. The molecule has 0 radical (unpaired) electrons. The van der Waals surface area contributed by atoms with E-state index in [0.717, 1.165) is 48.8 Å². The number of likely N-dealkylation sites (tertiary alicyclic amines) is 1. The second-order valence-corrected chi connectivity index (χ2v) is 7.67. The Morgan fingerprint density at radius 2 is 2.04 bits per heavy atom. The molecule has 1 N–H and O–H groups in total. The van der Waals surface area contributed by atoms with Crippen LogP contribution in [0.25, 0.3) is 11.5 Å². The van der Waals surface area contributed by atoms with Crippen LogP contribution in [0.3, 0.4) is 0 Å². The monoisotopic (exact) mass is 327 g/mol. The summed E-state index contributed by atoms with van der Waals surface area (Å²) in [5, 5.41) is 0. The Balaban J connectivity index is 1.60. The number of amides is 1. The maximum Gasteiger partial charge on any atom is 0.227 e. The molecular formula is C18H25N5O. The van der Waals surface area contributed by atoms with Crippen molar-refractivity contribution in [2.75, 3.05) is 13.1 Å². The van der Waals surface area contributed by atoms with Crippen LogP contribution >= 0.6 is 0 Å². The summed E-state index contributed by atoms with van der Waals surface area (Å²) in [5.74, 6) is 1.44. The lowest BCUT2D eigenvalue weighted by Gasteiger charge is -2.25. The molecule has 0 aromatic carbocycles. The first-order valence-corrected chi connectivity index (χ1v) is 8.45. The summed E-state index contributed by atoms with van der Waals surface area (Å²) in [6.07, 6.45) is 7.26. The van der Waals surface area contributed by atoms with E-state index >= 15 is 0 Å². The molecule has 3 rings (SSSR count). The van der Waals surface area contributed by atoms with Crippen LogP contribution in [0.4, 0.5) is 0 Å². The zero-order chi connectivity index (χ0) is 17.3. The lowest BCUT2D eigenvalue weighted by Crippen LogP contribution is -2.38. The molecule has 6 heteroatoms. The fraction of sp³-hybridized carbons (Fsp3) is 0.556. The summed E-state index contributed by atoms with van der Waals surface area (Å²) in [7, 11) is 0. The molecule has 0 saturated carbocycles. The molecule has 1 aliphatic heterocycles. The Bertz CT molecular complexity index is 714. The molecule has 0 unspecified atom stereocenters. The molecule has 1 atom stereocenters. The summed E-state index contributed by atoms with van der Waals surface area (Å²) in [6.45, 7) is 9.55. The molecule has 128 valence electrons. The number of hydrogen-bond acceptors (Lipinski definition) is 4. The summed E-state index contributed by atoms with van der Waals surface area (Å²) in [6, 6.07) is 0. The van der Waals surface area contributed by atoms with Crippen molar-refractivity contribution >= 4 is 5.91 Å².